The van der Waals surface area contributed by atoms with Crippen LogP contribution in [0.5, 0.6) is 11.5 Å². The molecule has 6 aromatic rings. The third kappa shape index (κ3) is 9.12. The molecule has 1 amide bonds. The standard InChI is InChI=1S/C24H27FN4O3.C19H19FN4O/c1-15(2)14-32-24(31)26-12-16-9-10-29(13-16)23-19-11-17(25)7-8-20(19)27-22(28-23)18-5-3-4-6-21(18)30;20-13-5-6-16-15(9-13)19(24-8-7-12(10-21)11-24)23-18(22-16)14-3-1-2-4-17(14)25/h3-8,11,15-16,30H,9-10,12-14H2,1-2H3,(H,26,31);1-6,9,12,25H,7-8,10-11,21H2/t16-;12-/m00/s1. The third-order valence-electron chi connectivity index (χ3n) is 10.2. The number of amides is 1. The monoisotopic (exact) mass is 776 g/mol. The molecule has 0 saturated carbocycles. The van der Waals surface area contributed by atoms with Crippen LogP contribution in [0.2, 0.25) is 0 Å². The summed E-state index contributed by atoms with van der Waals surface area (Å²) in [6.45, 7) is 8.47. The number of phenols is 2. The average molecular weight is 777 g/mol. The van der Waals surface area contributed by atoms with Crippen molar-refractivity contribution in [3.8, 4) is 34.3 Å². The first-order valence-electron chi connectivity index (χ1n) is 19.2. The molecule has 4 aromatic carbocycles. The van der Waals surface area contributed by atoms with Crippen molar-refractivity contribution in [1.29, 1.82) is 0 Å². The molecule has 296 valence electrons. The Morgan fingerprint density at radius 1 is 0.772 bits per heavy atom. The predicted octanol–water partition coefficient (Wildman–Crippen LogP) is 7.28. The van der Waals surface area contributed by atoms with E-state index >= 15 is 0 Å². The van der Waals surface area contributed by atoms with E-state index in [1.165, 1.54) is 24.3 Å². The second-order valence-electron chi connectivity index (χ2n) is 14.9. The Labute approximate surface area is 329 Å². The molecule has 4 heterocycles. The van der Waals surface area contributed by atoms with E-state index in [1.807, 2.05) is 26.0 Å². The minimum Gasteiger partial charge on any atom is -0.507 e. The maximum Gasteiger partial charge on any atom is 0.407 e. The van der Waals surface area contributed by atoms with Gasteiger partial charge < -0.3 is 35.8 Å². The van der Waals surface area contributed by atoms with Gasteiger partial charge in [-0.15, -0.1) is 0 Å². The Morgan fingerprint density at radius 3 is 1.74 bits per heavy atom. The number of phenolic OH excluding ortho intramolecular Hbond substituents is 2. The van der Waals surface area contributed by atoms with Crippen molar-refractivity contribution in [3.05, 3.63) is 96.6 Å². The number of hydrogen-bond acceptors (Lipinski definition) is 11. The molecule has 14 heteroatoms. The lowest BCUT2D eigenvalue weighted by molar-refractivity contribution is 0.132. The van der Waals surface area contributed by atoms with E-state index < -0.39 is 6.09 Å². The fraction of sp³-hybridized carbons (Fsp3) is 0.326. The SMILES string of the molecule is CC(C)COC(=O)NC[C@@H]1CCN(c2nc(-c3ccccc3O)nc3ccc(F)cc23)C1.NC[C@@H]1CCN(c2nc(-c3ccccc3O)nc3ccc(F)cc23)C1. The number of carbonyl (C=O) groups is 1. The number of halogens is 2. The van der Waals surface area contributed by atoms with Gasteiger partial charge in [-0.05, 0) is 97.8 Å². The van der Waals surface area contributed by atoms with E-state index in [0.717, 1.165) is 32.5 Å². The highest BCUT2D eigenvalue weighted by molar-refractivity contribution is 5.92. The molecule has 5 N–H and O–H groups in total. The van der Waals surface area contributed by atoms with Gasteiger partial charge in [0, 0.05) is 43.5 Å². The van der Waals surface area contributed by atoms with E-state index in [1.54, 1.807) is 48.5 Å². The second-order valence-corrected chi connectivity index (χ2v) is 14.9. The number of anilines is 2. The van der Waals surface area contributed by atoms with Crippen molar-refractivity contribution in [1.82, 2.24) is 25.3 Å². The number of aromatic hydroxyl groups is 2. The Bertz CT molecular complexity index is 2380. The summed E-state index contributed by atoms with van der Waals surface area (Å²) in [5.74, 6) is 2.58. The highest BCUT2D eigenvalue weighted by Gasteiger charge is 2.28. The number of carbonyl (C=O) groups excluding carboxylic acids is 1. The fourth-order valence-electron chi connectivity index (χ4n) is 7.15. The van der Waals surface area contributed by atoms with Gasteiger partial charge in [0.1, 0.15) is 34.8 Å². The number of benzene rings is 4. The van der Waals surface area contributed by atoms with Crippen molar-refractivity contribution in [3.63, 3.8) is 0 Å². The zero-order valence-electron chi connectivity index (χ0n) is 31.9. The van der Waals surface area contributed by atoms with Gasteiger partial charge in [0.05, 0.1) is 28.8 Å². The van der Waals surface area contributed by atoms with Crippen LogP contribution in [-0.2, 0) is 4.74 Å². The summed E-state index contributed by atoms with van der Waals surface area (Å²) in [7, 11) is 0. The van der Waals surface area contributed by atoms with Gasteiger partial charge in [-0.1, -0.05) is 38.1 Å². The van der Waals surface area contributed by atoms with Gasteiger partial charge in [-0.3, -0.25) is 0 Å². The van der Waals surface area contributed by atoms with Gasteiger partial charge in [-0.25, -0.2) is 33.5 Å². The molecule has 0 bridgehead atoms. The molecule has 8 rings (SSSR count). The molecule has 2 aromatic heterocycles. The van der Waals surface area contributed by atoms with Crippen LogP contribution in [0.4, 0.5) is 25.2 Å². The molecule has 57 heavy (non-hydrogen) atoms. The van der Waals surface area contributed by atoms with Gasteiger partial charge in [0.2, 0.25) is 0 Å². The van der Waals surface area contributed by atoms with Gasteiger partial charge in [0.15, 0.2) is 11.6 Å². The minimum absolute atomic E-state index is 0.0864. The Hall–Kier alpha value is -6.15. The smallest absolute Gasteiger partial charge is 0.407 e. The van der Waals surface area contributed by atoms with Crippen LogP contribution in [0.3, 0.4) is 0 Å². The number of ether oxygens (including phenoxy) is 1. The van der Waals surface area contributed by atoms with Crippen molar-refractivity contribution in [2.45, 2.75) is 26.7 Å². The summed E-state index contributed by atoms with van der Waals surface area (Å²) in [4.78, 5) is 34.5. The zero-order chi connectivity index (χ0) is 40.1. The summed E-state index contributed by atoms with van der Waals surface area (Å²) in [5.41, 5.74) is 8.14. The first kappa shape index (κ1) is 39.1. The van der Waals surface area contributed by atoms with Crippen LogP contribution in [0.1, 0.15) is 26.7 Å². The number of rotatable bonds is 9. The maximum absolute atomic E-state index is 14.0. The number of nitrogens with two attached hydrogens (primary N) is 1. The Kier molecular flexibility index (Phi) is 11.9. The summed E-state index contributed by atoms with van der Waals surface area (Å²) in [6.07, 6.45) is 1.44. The van der Waals surface area contributed by atoms with E-state index in [4.69, 9.17) is 15.5 Å². The van der Waals surface area contributed by atoms with Crippen LogP contribution in [0.15, 0.2) is 84.9 Å². The molecule has 2 fully saturated rings. The van der Waals surface area contributed by atoms with Crippen molar-refractivity contribution in [2.75, 3.05) is 55.7 Å². The van der Waals surface area contributed by atoms with Gasteiger partial charge in [0.25, 0.3) is 0 Å². The first-order valence-corrected chi connectivity index (χ1v) is 19.2. The van der Waals surface area contributed by atoms with Crippen LogP contribution in [0, 0.1) is 29.4 Å². The quantitative estimate of drug-likeness (QED) is 0.117. The molecule has 2 saturated heterocycles. The van der Waals surface area contributed by atoms with Gasteiger partial charge >= 0.3 is 6.09 Å². The number of fused-ring (bicyclic) bond motifs is 2. The molecule has 2 atom stereocenters. The number of nitrogens with zero attached hydrogens (tertiary/aromatic N) is 6. The fourth-order valence-corrected chi connectivity index (χ4v) is 7.15. The Balaban J connectivity index is 0.000000179. The number of para-hydroxylation sites is 2. The lowest BCUT2D eigenvalue weighted by Crippen LogP contribution is -2.32. The molecule has 0 unspecified atom stereocenters. The molecule has 0 spiro atoms. The minimum atomic E-state index is -0.409. The molecule has 0 aliphatic carbocycles. The van der Waals surface area contributed by atoms with Crippen LogP contribution in [0.25, 0.3) is 44.6 Å². The molecular formula is C43H46F2N8O4. The van der Waals surface area contributed by atoms with Crippen molar-refractivity contribution in [2.24, 2.45) is 23.5 Å². The highest BCUT2D eigenvalue weighted by atomic mass is 19.1. The first-order chi connectivity index (χ1) is 27.6. The van der Waals surface area contributed by atoms with E-state index in [-0.39, 0.29) is 35.0 Å². The summed E-state index contributed by atoms with van der Waals surface area (Å²) in [5, 5.41) is 24.5. The number of aromatic nitrogens is 4. The topological polar surface area (TPSA) is 163 Å². The number of hydrogen-bond donors (Lipinski definition) is 4. The number of alkyl carbamates (subject to hydrolysis) is 1. The molecule has 0 radical (unpaired) electrons. The van der Waals surface area contributed by atoms with E-state index in [0.29, 0.717) is 88.4 Å². The highest BCUT2D eigenvalue weighted by Crippen LogP contribution is 2.35. The normalized spacial score (nSPS) is 16.6. The van der Waals surface area contributed by atoms with E-state index in [9.17, 15) is 23.8 Å². The summed E-state index contributed by atoms with van der Waals surface area (Å²) in [6, 6.07) is 22.8. The molecule has 12 nitrogen and oxygen atoms in total. The summed E-state index contributed by atoms with van der Waals surface area (Å²) < 4.78 is 33.0. The Morgan fingerprint density at radius 2 is 1.26 bits per heavy atom. The van der Waals surface area contributed by atoms with Gasteiger partial charge in [-0.2, -0.15) is 0 Å². The lowest BCUT2D eigenvalue weighted by Gasteiger charge is -2.20. The largest absolute Gasteiger partial charge is 0.507 e. The molecular weight excluding hydrogens is 731 g/mol. The van der Waals surface area contributed by atoms with Crippen LogP contribution in [-0.4, -0.2) is 82.1 Å². The maximum atomic E-state index is 14.0. The lowest BCUT2D eigenvalue weighted by atomic mass is 10.1. The molecule has 2 aliphatic heterocycles. The van der Waals surface area contributed by atoms with Crippen molar-refractivity contribution < 1.29 is 28.5 Å². The predicted molar refractivity (Wildman–Crippen MR) is 217 cm³/mol. The van der Waals surface area contributed by atoms with E-state index in [2.05, 4.69) is 30.1 Å². The zero-order valence-corrected chi connectivity index (χ0v) is 31.9. The number of nitrogens with one attached hydrogen (secondary N) is 1. The summed E-state index contributed by atoms with van der Waals surface area (Å²) >= 11 is 0. The average Bonchev–Trinajstić information content (AvgIpc) is 3.90. The second kappa shape index (κ2) is 17.3. The van der Waals surface area contributed by atoms with Crippen molar-refractivity contribution >= 4 is 39.5 Å². The molecule has 2 aliphatic rings. The van der Waals surface area contributed by atoms with Crippen LogP contribution >= 0.6 is 0 Å². The third-order valence-corrected chi connectivity index (χ3v) is 10.2. The van der Waals surface area contributed by atoms with Crippen LogP contribution < -0.4 is 20.9 Å².